The van der Waals surface area contributed by atoms with Gasteiger partial charge in [0.2, 0.25) is 0 Å². The molecule has 0 spiro atoms. The third-order valence-corrected chi connectivity index (χ3v) is 3.77. The second-order valence-electron chi connectivity index (χ2n) is 4.11. The third-order valence-electron chi connectivity index (χ3n) is 2.54. The van der Waals surface area contributed by atoms with Gasteiger partial charge >= 0.3 is 0 Å². The smallest absolute Gasteiger partial charge is 0.137 e. The van der Waals surface area contributed by atoms with Crippen LogP contribution in [-0.4, -0.2) is 12.3 Å². The van der Waals surface area contributed by atoms with Crippen molar-refractivity contribution in [3.8, 4) is 0 Å². The summed E-state index contributed by atoms with van der Waals surface area (Å²) in [5.74, 6) is 0.917. The fourth-order valence-electron chi connectivity index (χ4n) is 1.57. The Morgan fingerprint density at radius 1 is 1.24 bits per heavy atom. The lowest BCUT2D eigenvalue weighted by Crippen LogP contribution is -2.14. The second kappa shape index (κ2) is 8.54. The van der Waals surface area contributed by atoms with Gasteiger partial charge in [0, 0.05) is 11.4 Å². The molecule has 0 amide bonds. The molecule has 96 valence electrons. The number of thioether (sulfide) groups is 1. The highest BCUT2D eigenvalue weighted by Crippen LogP contribution is 2.26. The molecule has 1 aromatic rings. The zero-order chi connectivity index (χ0) is 12.5. The average molecular weight is 255 g/mol. The number of hydrogen-bond donors (Lipinski definition) is 1. The van der Waals surface area contributed by atoms with Crippen LogP contribution in [0.5, 0.6) is 0 Å². The van der Waals surface area contributed by atoms with Gasteiger partial charge in [0.1, 0.15) is 5.82 Å². The first-order valence-corrected chi connectivity index (χ1v) is 7.39. The van der Waals surface area contributed by atoms with Gasteiger partial charge in [-0.25, -0.2) is 4.39 Å². The van der Waals surface area contributed by atoms with Crippen LogP contribution >= 0.6 is 11.8 Å². The van der Waals surface area contributed by atoms with Crippen molar-refractivity contribution in [1.82, 2.24) is 5.32 Å². The van der Waals surface area contributed by atoms with Crippen molar-refractivity contribution < 1.29 is 4.39 Å². The first-order valence-electron chi connectivity index (χ1n) is 6.40. The molecule has 0 saturated carbocycles. The number of nitrogens with one attached hydrogen (secondary N) is 1. The molecule has 1 nitrogen and oxygen atoms in total. The predicted octanol–water partition coefficient (Wildman–Crippen LogP) is 4.22. The summed E-state index contributed by atoms with van der Waals surface area (Å²) in [5.41, 5.74) is 1.08. The van der Waals surface area contributed by atoms with Gasteiger partial charge in [-0.15, -0.1) is 11.8 Å². The number of unbranched alkanes of at least 4 members (excludes halogenated alkanes) is 1. The van der Waals surface area contributed by atoms with Gasteiger partial charge < -0.3 is 5.32 Å². The molecule has 1 aromatic carbocycles. The first-order chi connectivity index (χ1) is 8.29. The third kappa shape index (κ3) is 5.09. The van der Waals surface area contributed by atoms with E-state index in [9.17, 15) is 4.39 Å². The Morgan fingerprint density at radius 2 is 2.06 bits per heavy atom. The van der Waals surface area contributed by atoms with Crippen molar-refractivity contribution >= 4 is 11.8 Å². The van der Waals surface area contributed by atoms with Crippen molar-refractivity contribution in [2.45, 2.75) is 44.6 Å². The largest absolute Gasteiger partial charge is 0.313 e. The predicted molar refractivity (Wildman–Crippen MR) is 74.0 cm³/mol. The molecule has 0 aliphatic heterocycles. The summed E-state index contributed by atoms with van der Waals surface area (Å²) in [4.78, 5) is 0.824. The first kappa shape index (κ1) is 14.5. The van der Waals surface area contributed by atoms with Crippen LogP contribution in [0.25, 0.3) is 0 Å². The molecule has 0 fully saturated rings. The Kier molecular flexibility index (Phi) is 7.29. The van der Waals surface area contributed by atoms with Crippen LogP contribution < -0.4 is 5.32 Å². The lowest BCUT2D eigenvalue weighted by atomic mass is 10.2. The van der Waals surface area contributed by atoms with Gasteiger partial charge in [0.15, 0.2) is 0 Å². The summed E-state index contributed by atoms with van der Waals surface area (Å²) >= 11 is 1.64. The Labute approximate surface area is 108 Å². The van der Waals surface area contributed by atoms with Crippen molar-refractivity contribution in [2.24, 2.45) is 0 Å². The molecule has 3 heteroatoms. The second-order valence-corrected chi connectivity index (χ2v) is 5.21. The van der Waals surface area contributed by atoms with E-state index in [1.54, 1.807) is 23.9 Å². The molecule has 0 unspecified atom stereocenters. The molecule has 0 aromatic heterocycles. The zero-order valence-electron chi connectivity index (χ0n) is 10.8. The average Bonchev–Trinajstić information content (AvgIpc) is 2.33. The van der Waals surface area contributed by atoms with Crippen LogP contribution in [0.15, 0.2) is 23.1 Å². The van der Waals surface area contributed by atoms with E-state index in [2.05, 4.69) is 19.2 Å². The molecular weight excluding hydrogens is 233 g/mol. The van der Waals surface area contributed by atoms with E-state index in [0.29, 0.717) is 0 Å². The highest BCUT2D eigenvalue weighted by molar-refractivity contribution is 7.99. The Balaban J connectivity index is 2.63. The Morgan fingerprint density at radius 3 is 2.76 bits per heavy atom. The van der Waals surface area contributed by atoms with Gasteiger partial charge in [0.25, 0.3) is 0 Å². The maximum atomic E-state index is 13.7. The fraction of sp³-hybridized carbons (Fsp3) is 0.571. The van der Waals surface area contributed by atoms with E-state index >= 15 is 0 Å². The minimum atomic E-state index is -0.0816. The van der Waals surface area contributed by atoms with Crippen LogP contribution in [-0.2, 0) is 6.54 Å². The van der Waals surface area contributed by atoms with E-state index in [1.807, 2.05) is 6.07 Å². The van der Waals surface area contributed by atoms with Crippen molar-refractivity contribution in [3.05, 3.63) is 29.6 Å². The number of rotatable bonds is 8. The molecule has 0 saturated heterocycles. The van der Waals surface area contributed by atoms with Crippen LogP contribution in [0, 0.1) is 5.82 Å². The maximum Gasteiger partial charge on any atom is 0.137 e. The van der Waals surface area contributed by atoms with Crippen molar-refractivity contribution in [3.63, 3.8) is 0 Å². The minimum absolute atomic E-state index is 0.0816. The molecular formula is C14H22FNS. The normalized spacial score (nSPS) is 10.8. The Bertz CT molecular complexity index is 328. The Hall–Kier alpha value is -0.540. The summed E-state index contributed by atoms with van der Waals surface area (Å²) in [5, 5.41) is 3.33. The van der Waals surface area contributed by atoms with Crippen molar-refractivity contribution in [1.29, 1.82) is 0 Å². The van der Waals surface area contributed by atoms with Gasteiger partial charge in [-0.1, -0.05) is 32.4 Å². The molecule has 0 radical (unpaired) electrons. The summed E-state index contributed by atoms with van der Waals surface area (Å²) in [6.07, 6.45) is 3.40. The summed E-state index contributed by atoms with van der Waals surface area (Å²) < 4.78 is 13.7. The highest BCUT2D eigenvalue weighted by Gasteiger charge is 2.08. The standard InChI is InChI=1S/C14H22FNS/c1-3-5-10-17-14-12(11-16-9-4-2)7-6-8-13(14)15/h6-8,16H,3-5,9-11H2,1-2H3. The fourth-order valence-corrected chi connectivity index (χ4v) is 2.74. The van der Waals surface area contributed by atoms with Gasteiger partial charge in [-0.05, 0) is 36.8 Å². The van der Waals surface area contributed by atoms with Crippen molar-refractivity contribution in [2.75, 3.05) is 12.3 Å². The van der Waals surface area contributed by atoms with Crippen LogP contribution in [0.3, 0.4) is 0 Å². The molecule has 0 aliphatic rings. The molecule has 0 bridgehead atoms. The van der Waals surface area contributed by atoms with Gasteiger partial charge in [0.05, 0.1) is 0 Å². The van der Waals surface area contributed by atoms with Crippen LogP contribution in [0.2, 0.25) is 0 Å². The number of hydrogen-bond acceptors (Lipinski definition) is 2. The van der Waals surface area contributed by atoms with Crippen LogP contribution in [0.1, 0.15) is 38.7 Å². The summed E-state index contributed by atoms with van der Waals surface area (Å²) in [7, 11) is 0. The molecule has 1 rings (SSSR count). The summed E-state index contributed by atoms with van der Waals surface area (Å²) in [6.45, 7) is 6.04. The lowest BCUT2D eigenvalue weighted by molar-refractivity contribution is 0.588. The number of benzene rings is 1. The number of halogens is 1. The molecule has 0 aliphatic carbocycles. The van der Waals surface area contributed by atoms with E-state index in [4.69, 9.17) is 0 Å². The van der Waals surface area contributed by atoms with E-state index in [-0.39, 0.29) is 5.82 Å². The van der Waals surface area contributed by atoms with E-state index in [0.717, 1.165) is 48.6 Å². The molecule has 0 heterocycles. The van der Waals surface area contributed by atoms with Gasteiger partial charge in [-0.3, -0.25) is 0 Å². The van der Waals surface area contributed by atoms with E-state index in [1.165, 1.54) is 0 Å². The SMILES string of the molecule is CCCCSc1c(F)cccc1CNCCC. The zero-order valence-corrected chi connectivity index (χ0v) is 11.6. The lowest BCUT2D eigenvalue weighted by Gasteiger charge is -2.10. The quantitative estimate of drug-likeness (QED) is 0.551. The van der Waals surface area contributed by atoms with E-state index < -0.39 is 0 Å². The van der Waals surface area contributed by atoms with Gasteiger partial charge in [-0.2, -0.15) is 0 Å². The topological polar surface area (TPSA) is 12.0 Å². The minimum Gasteiger partial charge on any atom is -0.313 e. The molecule has 1 N–H and O–H groups in total. The maximum absolute atomic E-state index is 13.7. The van der Waals surface area contributed by atoms with Crippen LogP contribution in [0.4, 0.5) is 4.39 Å². The molecule has 0 atom stereocenters. The monoisotopic (exact) mass is 255 g/mol. The molecule has 17 heavy (non-hydrogen) atoms. The highest BCUT2D eigenvalue weighted by atomic mass is 32.2. The summed E-state index contributed by atoms with van der Waals surface area (Å²) in [6, 6.07) is 5.36.